The molecule has 0 fully saturated rings. The topological polar surface area (TPSA) is 94.8 Å². The first kappa shape index (κ1) is 16.5. The maximum atomic E-state index is 12.2. The van der Waals surface area contributed by atoms with Crippen LogP contribution in [0.1, 0.15) is 37.3 Å². The van der Waals surface area contributed by atoms with Crippen molar-refractivity contribution in [3.8, 4) is 0 Å². The van der Waals surface area contributed by atoms with E-state index in [1.807, 2.05) is 6.92 Å². The summed E-state index contributed by atoms with van der Waals surface area (Å²) in [6.07, 6.45) is 2.77. The largest absolute Gasteiger partial charge is 0.428 e. The Hall–Kier alpha value is -1.83. The summed E-state index contributed by atoms with van der Waals surface area (Å²) in [5.41, 5.74) is 6.79. The molecule has 0 aromatic carbocycles. The van der Waals surface area contributed by atoms with Crippen LogP contribution >= 0.6 is 11.3 Å². The lowest BCUT2D eigenvalue weighted by molar-refractivity contribution is -0.149. The number of ether oxygens (including phenoxy) is 2. The molecule has 1 aromatic rings. The molecule has 7 nitrogen and oxygen atoms in total. The molecule has 22 heavy (non-hydrogen) atoms. The molecule has 122 valence electrons. The van der Waals surface area contributed by atoms with Gasteiger partial charge in [-0.2, -0.15) is 0 Å². The van der Waals surface area contributed by atoms with Crippen LogP contribution in [0.4, 0.5) is 9.93 Å². The molecule has 2 rings (SSSR count). The van der Waals surface area contributed by atoms with Crippen LogP contribution in [0, 0.1) is 0 Å². The highest BCUT2D eigenvalue weighted by Crippen LogP contribution is 2.30. The van der Waals surface area contributed by atoms with Crippen LogP contribution in [0.15, 0.2) is 0 Å². The number of aromatic nitrogens is 1. The van der Waals surface area contributed by atoms with Crippen LogP contribution in [-0.2, 0) is 27.1 Å². The fourth-order valence-electron chi connectivity index (χ4n) is 2.55. The number of thiazole rings is 1. The Morgan fingerprint density at radius 3 is 2.91 bits per heavy atom. The van der Waals surface area contributed by atoms with E-state index in [9.17, 15) is 9.59 Å². The van der Waals surface area contributed by atoms with Crippen molar-refractivity contribution in [1.29, 1.82) is 0 Å². The van der Waals surface area contributed by atoms with Crippen molar-refractivity contribution in [3.63, 3.8) is 0 Å². The van der Waals surface area contributed by atoms with Crippen molar-refractivity contribution < 1.29 is 19.1 Å². The first-order chi connectivity index (χ1) is 10.5. The number of carbonyl (C=O) groups excluding carboxylic acids is 2. The standard InChI is InChI=1S/C14H21N3O4S/c1-3-6-17(14(19)21-8-20-9(2)18)10-4-5-11-12(7-10)22-13(15)16-11/h10H,3-8H2,1-2H3,(H2,15,16). The minimum atomic E-state index is -0.475. The highest BCUT2D eigenvalue weighted by atomic mass is 32.1. The van der Waals surface area contributed by atoms with E-state index in [2.05, 4.69) is 9.72 Å². The van der Waals surface area contributed by atoms with Crippen molar-refractivity contribution in [2.24, 2.45) is 0 Å². The van der Waals surface area contributed by atoms with Gasteiger partial charge in [-0.05, 0) is 19.3 Å². The molecule has 0 spiro atoms. The molecule has 1 heterocycles. The Labute approximate surface area is 133 Å². The van der Waals surface area contributed by atoms with E-state index in [-0.39, 0.29) is 12.8 Å². The molecule has 0 saturated carbocycles. The quantitative estimate of drug-likeness (QED) is 0.656. The Morgan fingerprint density at radius 1 is 1.45 bits per heavy atom. The van der Waals surface area contributed by atoms with Crippen LogP contribution < -0.4 is 5.73 Å². The zero-order chi connectivity index (χ0) is 16.1. The molecule has 1 aliphatic carbocycles. The van der Waals surface area contributed by atoms with Gasteiger partial charge in [0, 0.05) is 30.8 Å². The summed E-state index contributed by atoms with van der Waals surface area (Å²) in [5.74, 6) is -0.475. The maximum Gasteiger partial charge on any atom is 0.412 e. The lowest BCUT2D eigenvalue weighted by Gasteiger charge is -2.32. The summed E-state index contributed by atoms with van der Waals surface area (Å²) in [4.78, 5) is 30.1. The number of rotatable bonds is 5. The fourth-order valence-corrected chi connectivity index (χ4v) is 3.50. The molecule has 1 unspecified atom stereocenters. The normalized spacial score (nSPS) is 16.7. The number of aryl methyl sites for hydroxylation is 1. The van der Waals surface area contributed by atoms with Crippen LogP contribution in [0.2, 0.25) is 0 Å². The van der Waals surface area contributed by atoms with E-state index in [0.717, 1.165) is 36.3 Å². The minimum Gasteiger partial charge on any atom is -0.428 e. The number of fused-ring (bicyclic) bond motifs is 1. The van der Waals surface area contributed by atoms with Gasteiger partial charge in [0.25, 0.3) is 0 Å². The Balaban J connectivity index is 1.98. The SMILES string of the molecule is CCCN(C(=O)OCOC(C)=O)C1CCc2nc(N)sc2C1. The average molecular weight is 327 g/mol. The van der Waals surface area contributed by atoms with Gasteiger partial charge in [0.2, 0.25) is 6.79 Å². The average Bonchev–Trinajstić information content (AvgIpc) is 2.83. The van der Waals surface area contributed by atoms with Gasteiger partial charge in [-0.3, -0.25) is 4.79 Å². The number of amides is 1. The molecule has 0 saturated heterocycles. The third kappa shape index (κ3) is 4.09. The molecule has 8 heteroatoms. The Kier molecular flexibility index (Phi) is 5.59. The molecule has 1 atom stereocenters. The van der Waals surface area contributed by atoms with E-state index in [1.54, 1.807) is 4.90 Å². The van der Waals surface area contributed by atoms with Crippen LogP contribution in [-0.4, -0.2) is 41.3 Å². The van der Waals surface area contributed by atoms with Gasteiger partial charge in [0.15, 0.2) is 5.13 Å². The molecule has 0 bridgehead atoms. The van der Waals surface area contributed by atoms with Crippen molar-refractivity contribution in [1.82, 2.24) is 9.88 Å². The number of hydrogen-bond donors (Lipinski definition) is 1. The highest BCUT2D eigenvalue weighted by molar-refractivity contribution is 7.15. The second-order valence-electron chi connectivity index (χ2n) is 5.18. The number of nitrogens with zero attached hydrogens (tertiary/aromatic N) is 2. The maximum absolute atomic E-state index is 12.2. The predicted molar refractivity (Wildman–Crippen MR) is 82.5 cm³/mol. The van der Waals surface area contributed by atoms with Crippen LogP contribution in [0.5, 0.6) is 0 Å². The smallest absolute Gasteiger partial charge is 0.412 e. The number of hydrogen-bond acceptors (Lipinski definition) is 7. The lowest BCUT2D eigenvalue weighted by Crippen LogP contribution is -2.44. The van der Waals surface area contributed by atoms with Crippen molar-refractivity contribution >= 4 is 28.5 Å². The van der Waals surface area contributed by atoms with Crippen molar-refractivity contribution in [3.05, 3.63) is 10.6 Å². The van der Waals surface area contributed by atoms with Crippen LogP contribution in [0.25, 0.3) is 0 Å². The van der Waals surface area contributed by atoms with E-state index in [1.165, 1.54) is 18.3 Å². The summed E-state index contributed by atoms with van der Waals surface area (Å²) >= 11 is 1.48. The summed E-state index contributed by atoms with van der Waals surface area (Å²) in [6, 6.07) is 0.0668. The number of carbonyl (C=O) groups is 2. The summed E-state index contributed by atoms with van der Waals surface area (Å²) in [5, 5.41) is 0.574. The second-order valence-corrected chi connectivity index (χ2v) is 6.29. The molecule has 0 aliphatic heterocycles. The van der Waals surface area contributed by atoms with Crippen molar-refractivity contribution in [2.45, 2.75) is 45.6 Å². The molecule has 2 N–H and O–H groups in total. The number of anilines is 1. The third-order valence-electron chi connectivity index (χ3n) is 3.51. The Bertz CT molecular complexity index is 546. The zero-order valence-electron chi connectivity index (χ0n) is 12.8. The van der Waals surface area contributed by atoms with E-state index in [4.69, 9.17) is 10.5 Å². The van der Waals surface area contributed by atoms with Gasteiger partial charge in [0.05, 0.1) is 5.69 Å². The number of nitrogen functional groups attached to an aromatic ring is 1. The van der Waals surface area contributed by atoms with Gasteiger partial charge < -0.3 is 20.1 Å². The molecule has 1 aliphatic rings. The second kappa shape index (κ2) is 7.44. The first-order valence-electron chi connectivity index (χ1n) is 7.32. The first-order valence-corrected chi connectivity index (χ1v) is 8.13. The van der Waals surface area contributed by atoms with E-state index < -0.39 is 12.1 Å². The van der Waals surface area contributed by atoms with Gasteiger partial charge >= 0.3 is 12.1 Å². The minimum absolute atomic E-state index is 0.0668. The highest BCUT2D eigenvalue weighted by Gasteiger charge is 2.30. The molecule has 0 radical (unpaired) electrons. The van der Waals surface area contributed by atoms with Crippen LogP contribution in [0.3, 0.4) is 0 Å². The van der Waals surface area contributed by atoms with E-state index >= 15 is 0 Å². The molecular formula is C14H21N3O4S. The summed E-state index contributed by atoms with van der Waals surface area (Å²) in [6.45, 7) is 3.53. The molecule has 1 aromatic heterocycles. The molecular weight excluding hydrogens is 306 g/mol. The molecule has 1 amide bonds. The Morgan fingerprint density at radius 2 is 2.23 bits per heavy atom. The van der Waals surface area contributed by atoms with Gasteiger partial charge in [-0.15, -0.1) is 11.3 Å². The fraction of sp³-hybridized carbons (Fsp3) is 0.643. The third-order valence-corrected chi connectivity index (χ3v) is 4.46. The van der Waals surface area contributed by atoms with Gasteiger partial charge in [-0.1, -0.05) is 6.92 Å². The predicted octanol–water partition coefficient (Wildman–Crippen LogP) is 1.95. The zero-order valence-corrected chi connectivity index (χ0v) is 13.6. The number of esters is 1. The van der Waals surface area contributed by atoms with E-state index in [0.29, 0.717) is 11.7 Å². The number of nitrogens with two attached hydrogens (primary N) is 1. The van der Waals surface area contributed by atoms with Crippen molar-refractivity contribution in [2.75, 3.05) is 19.1 Å². The monoisotopic (exact) mass is 327 g/mol. The lowest BCUT2D eigenvalue weighted by atomic mass is 9.96. The van der Waals surface area contributed by atoms with Gasteiger partial charge in [-0.25, -0.2) is 9.78 Å². The summed E-state index contributed by atoms with van der Waals surface area (Å²) < 4.78 is 9.68. The summed E-state index contributed by atoms with van der Waals surface area (Å²) in [7, 11) is 0. The van der Waals surface area contributed by atoms with Gasteiger partial charge in [0.1, 0.15) is 0 Å².